The Morgan fingerprint density at radius 2 is 1.45 bits per heavy atom. The average Bonchev–Trinajstić information content (AvgIpc) is 2.57. The van der Waals surface area contributed by atoms with Gasteiger partial charge >= 0.3 is 135 Å². The molecule has 22 heavy (non-hydrogen) atoms. The van der Waals surface area contributed by atoms with Crippen LogP contribution in [0.25, 0.3) is 0 Å². The molecule has 0 saturated carbocycles. The summed E-state index contributed by atoms with van der Waals surface area (Å²) in [6.45, 7) is 2.18. The van der Waals surface area contributed by atoms with E-state index in [1.165, 1.54) is 0 Å². The predicted molar refractivity (Wildman–Crippen MR) is 85.6 cm³/mol. The zero-order valence-corrected chi connectivity index (χ0v) is 13.7. The minimum absolute atomic E-state index is 0.0949. The third kappa shape index (κ3) is 2.63. The molecule has 0 radical (unpaired) electrons. The molecule has 0 saturated heterocycles. The summed E-state index contributed by atoms with van der Waals surface area (Å²) in [5, 5.41) is 0. The first-order chi connectivity index (χ1) is 10.7. The molecule has 0 aliphatic heterocycles. The number of allylic oxidation sites excluding steroid dienone is 2. The van der Waals surface area contributed by atoms with Crippen molar-refractivity contribution in [2.24, 2.45) is 0 Å². The zero-order valence-electron chi connectivity index (χ0n) is 12.0. The molecule has 0 unspecified atom stereocenters. The fraction of sp³-hybridized carbons (Fsp3) is 0.111. The van der Waals surface area contributed by atoms with Gasteiger partial charge in [0.25, 0.3) is 0 Å². The van der Waals surface area contributed by atoms with Crippen molar-refractivity contribution in [2.45, 2.75) is 6.92 Å². The van der Waals surface area contributed by atoms with E-state index in [4.69, 9.17) is 4.74 Å². The monoisotopic (exact) mass is 358 g/mol. The van der Waals surface area contributed by atoms with Crippen LogP contribution in [-0.2, 0) is 4.74 Å². The molecule has 0 spiro atoms. The normalized spacial score (nSPS) is 14.0. The number of ketones is 2. The first kappa shape index (κ1) is 14.8. The Balaban J connectivity index is 2.09. The van der Waals surface area contributed by atoms with Crippen LogP contribution in [-0.4, -0.2) is 33.1 Å². The van der Waals surface area contributed by atoms with Crippen molar-refractivity contribution in [1.29, 1.82) is 0 Å². The molecule has 1 aliphatic carbocycles. The van der Waals surface area contributed by atoms with Gasteiger partial charge in [0.15, 0.2) is 0 Å². The zero-order chi connectivity index (χ0) is 15.5. The van der Waals surface area contributed by atoms with E-state index in [2.05, 4.69) is 0 Å². The molecule has 3 rings (SSSR count). The van der Waals surface area contributed by atoms with Gasteiger partial charge in [0.1, 0.15) is 0 Å². The van der Waals surface area contributed by atoms with Gasteiger partial charge < -0.3 is 0 Å². The van der Waals surface area contributed by atoms with Gasteiger partial charge in [-0.1, -0.05) is 0 Å². The van der Waals surface area contributed by atoms with Gasteiger partial charge in [-0.15, -0.1) is 0 Å². The van der Waals surface area contributed by atoms with E-state index in [1.54, 1.807) is 24.3 Å². The molecule has 2 aromatic rings. The first-order valence-electron chi connectivity index (χ1n) is 7.00. The molecule has 0 amide bonds. The molecule has 0 bridgehead atoms. The topological polar surface area (TPSA) is 43.4 Å². The predicted octanol–water partition coefficient (Wildman–Crippen LogP) is 2.34. The molecule has 0 heterocycles. The number of Topliss-reactive ketones (excluding diaryl/α,β-unsaturated/α-hetero) is 2. The molecule has 3 nitrogen and oxygen atoms in total. The van der Waals surface area contributed by atoms with E-state index in [0.717, 1.165) is 4.46 Å². The van der Waals surface area contributed by atoms with Crippen molar-refractivity contribution in [3.05, 3.63) is 76.0 Å². The summed E-state index contributed by atoms with van der Waals surface area (Å²) in [6.07, 6.45) is 0. The fourth-order valence-corrected chi connectivity index (χ4v) is 4.35. The van der Waals surface area contributed by atoms with E-state index in [9.17, 15) is 9.59 Å². The summed E-state index contributed by atoms with van der Waals surface area (Å²) < 4.78 is 7.08. The second kappa shape index (κ2) is 6.30. The van der Waals surface area contributed by atoms with Crippen LogP contribution in [0.3, 0.4) is 0 Å². The van der Waals surface area contributed by atoms with Crippen molar-refractivity contribution < 1.29 is 14.3 Å². The Morgan fingerprint density at radius 1 is 0.864 bits per heavy atom. The molecular formula is C18H14O3Se. The summed E-state index contributed by atoms with van der Waals surface area (Å²) in [4.78, 5) is 25.4. The van der Waals surface area contributed by atoms with Crippen LogP contribution in [0.4, 0.5) is 0 Å². The van der Waals surface area contributed by atoms with Crippen molar-refractivity contribution >= 4 is 31.0 Å². The number of hydrogen-bond acceptors (Lipinski definition) is 3. The molecule has 110 valence electrons. The number of benzene rings is 2. The van der Waals surface area contributed by atoms with Crippen LogP contribution in [0.15, 0.2) is 64.8 Å². The maximum atomic E-state index is 12.8. The second-order valence-electron chi connectivity index (χ2n) is 4.71. The number of ether oxygens (including phenoxy) is 1. The number of fused-ring (bicyclic) bond motifs is 1. The Morgan fingerprint density at radius 3 is 2.09 bits per heavy atom. The average molecular weight is 357 g/mol. The molecular weight excluding hydrogens is 343 g/mol. The molecule has 0 N–H and O–H groups in total. The summed E-state index contributed by atoms with van der Waals surface area (Å²) >= 11 is -0.258. The van der Waals surface area contributed by atoms with Crippen LogP contribution < -0.4 is 4.46 Å². The minimum atomic E-state index is -0.258. The fourth-order valence-electron chi connectivity index (χ4n) is 2.30. The summed E-state index contributed by atoms with van der Waals surface area (Å²) in [5.41, 5.74) is 0.910. The third-order valence-electron chi connectivity index (χ3n) is 3.29. The van der Waals surface area contributed by atoms with Crippen LogP contribution in [0.5, 0.6) is 0 Å². The third-order valence-corrected chi connectivity index (χ3v) is 5.56. The standard InChI is InChI=1S/C18H14O3Se/c1-2-21-17-15(19)13-10-6-7-11-14(13)16(20)18(17)22-12-8-4-3-5-9-12/h3-11H,2H2,1H3. The Kier molecular flexibility index (Phi) is 4.23. The summed E-state index contributed by atoms with van der Waals surface area (Å²) in [6, 6.07) is 16.7. The molecule has 4 heteroatoms. The molecule has 1 aliphatic rings. The Labute approximate surface area is 135 Å². The van der Waals surface area contributed by atoms with Gasteiger partial charge in [0, 0.05) is 0 Å². The Hall–Kier alpha value is -2.16. The van der Waals surface area contributed by atoms with Gasteiger partial charge in [-0.25, -0.2) is 0 Å². The molecule has 0 atom stereocenters. The van der Waals surface area contributed by atoms with Crippen LogP contribution in [0, 0.1) is 0 Å². The van der Waals surface area contributed by atoms with Gasteiger partial charge in [-0.2, -0.15) is 0 Å². The molecule has 2 aromatic carbocycles. The van der Waals surface area contributed by atoms with Gasteiger partial charge in [0.05, 0.1) is 0 Å². The number of carbonyl (C=O) groups excluding carboxylic acids is 2. The van der Waals surface area contributed by atoms with E-state index in [1.807, 2.05) is 37.3 Å². The molecule has 0 fully saturated rings. The van der Waals surface area contributed by atoms with Gasteiger partial charge in [-0.3, -0.25) is 0 Å². The van der Waals surface area contributed by atoms with E-state index >= 15 is 0 Å². The van der Waals surface area contributed by atoms with Crippen molar-refractivity contribution in [3.8, 4) is 0 Å². The van der Waals surface area contributed by atoms with E-state index in [-0.39, 0.29) is 32.3 Å². The van der Waals surface area contributed by atoms with E-state index < -0.39 is 0 Å². The van der Waals surface area contributed by atoms with Crippen molar-refractivity contribution in [1.82, 2.24) is 0 Å². The SMILES string of the molecule is CCOC1=C([Se]c2ccccc2)C(=O)c2ccccc2C1=O. The number of rotatable bonds is 4. The number of carbonyl (C=O) groups is 2. The van der Waals surface area contributed by atoms with Crippen LogP contribution >= 0.6 is 0 Å². The quantitative estimate of drug-likeness (QED) is 0.789. The van der Waals surface area contributed by atoms with Crippen LogP contribution in [0.1, 0.15) is 27.6 Å². The Bertz CT molecular complexity index is 763. The van der Waals surface area contributed by atoms with Crippen LogP contribution in [0.2, 0.25) is 0 Å². The number of hydrogen-bond donors (Lipinski definition) is 0. The summed E-state index contributed by atoms with van der Waals surface area (Å²) in [5.74, 6) is -0.0672. The van der Waals surface area contributed by atoms with Gasteiger partial charge in [-0.05, 0) is 0 Å². The first-order valence-corrected chi connectivity index (χ1v) is 8.72. The van der Waals surface area contributed by atoms with Crippen molar-refractivity contribution in [2.75, 3.05) is 6.61 Å². The van der Waals surface area contributed by atoms with E-state index in [0.29, 0.717) is 22.2 Å². The summed E-state index contributed by atoms with van der Waals surface area (Å²) in [7, 11) is 0. The van der Waals surface area contributed by atoms with Crippen molar-refractivity contribution in [3.63, 3.8) is 0 Å². The second-order valence-corrected chi connectivity index (χ2v) is 6.98. The van der Waals surface area contributed by atoms with Gasteiger partial charge in [0.2, 0.25) is 0 Å². The molecule has 0 aromatic heterocycles. The maximum absolute atomic E-state index is 12.8.